The lowest BCUT2D eigenvalue weighted by Crippen LogP contribution is -2.43. The van der Waals surface area contributed by atoms with E-state index in [4.69, 9.17) is 25.4 Å². The average molecular weight is 611 g/mol. The molecule has 1 aliphatic rings. The van der Waals surface area contributed by atoms with E-state index in [1.807, 2.05) is 44.9 Å². The van der Waals surface area contributed by atoms with Gasteiger partial charge in [-0.05, 0) is 77.3 Å². The molecule has 2 aromatic rings. The largest absolute Gasteiger partial charge is 0.444 e. The monoisotopic (exact) mass is 610 g/mol. The normalized spacial score (nSPS) is 15.2. The number of pyridine rings is 1. The standard InChI is InChI=1S/C33H54N8O3/c1-8-26(20-34)31-37-28(19-30(38-31)41(10-3)27(9-2)15-18-42)35-21-25-11-12-29(36-22-25)39(7)23-24-13-16-40(17-14-24)32(43)44-33(4,5)6/h11-12,19-20,22,24,27,42H,8-10,13-18,21,23,34H2,1-7H3,(H,35,37,38)/b26-20-. The molecule has 1 amide bonds. The SMILES string of the molecule is CC/C(=C/N)c1nc(NCc2ccc(N(C)CC3CCN(C(=O)OC(C)(C)C)CC3)nc2)cc(N(CC)C(CC)CCO)n1. The molecule has 1 atom stereocenters. The summed E-state index contributed by atoms with van der Waals surface area (Å²) in [5.74, 6) is 3.56. The van der Waals surface area contributed by atoms with Crippen LogP contribution in [-0.4, -0.2) is 82.5 Å². The Morgan fingerprint density at radius 2 is 1.93 bits per heavy atom. The van der Waals surface area contributed by atoms with Gasteiger partial charge in [-0.25, -0.2) is 19.7 Å². The number of ether oxygens (including phenoxy) is 1. The molecule has 4 N–H and O–H groups in total. The second-order valence-corrected chi connectivity index (χ2v) is 12.5. The number of hydrogen-bond donors (Lipinski definition) is 3. The first-order chi connectivity index (χ1) is 21.0. The lowest BCUT2D eigenvalue weighted by atomic mass is 9.96. The van der Waals surface area contributed by atoms with Gasteiger partial charge in [-0.1, -0.05) is 19.9 Å². The van der Waals surface area contributed by atoms with Crippen LogP contribution in [0.1, 0.15) is 85.0 Å². The number of aromatic nitrogens is 3. The summed E-state index contributed by atoms with van der Waals surface area (Å²) in [6.45, 7) is 15.7. The van der Waals surface area contributed by atoms with Gasteiger partial charge < -0.3 is 35.6 Å². The Bertz CT molecular complexity index is 1210. The third-order valence-corrected chi connectivity index (χ3v) is 8.06. The molecule has 0 aliphatic carbocycles. The van der Waals surface area contributed by atoms with Crippen LogP contribution in [0.25, 0.3) is 5.57 Å². The zero-order chi connectivity index (χ0) is 32.3. The van der Waals surface area contributed by atoms with Crippen LogP contribution in [0, 0.1) is 5.92 Å². The highest BCUT2D eigenvalue weighted by molar-refractivity contribution is 5.68. The minimum Gasteiger partial charge on any atom is -0.444 e. The number of likely N-dealkylation sites (tertiary alicyclic amines) is 1. The fourth-order valence-corrected chi connectivity index (χ4v) is 5.55. The maximum absolute atomic E-state index is 12.4. The highest BCUT2D eigenvalue weighted by Crippen LogP contribution is 2.26. The highest BCUT2D eigenvalue weighted by Gasteiger charge is 2.27. The van der Waals surface area contributed by atoms with Crippen LogP contribution in [0.2, 0.25) is 0 Å². The molecule has 0 bridgehead atoms. The van der Waals surface area contributed by atoms with Crippen molar-refractivity contribution < 1.29 is 14.6 Å². The van der Waals surface area contributed by atoms with Crippen molar-refractivity contribution in [1.82, 2.24) is 19.9 Å². The molecule has 0 spiro atoms. The van der Waals surface area contributed by atoms with Crippen LogP contribution < -0.4 is 20.9 Å². The Kier molecular flexibility index (Phi) is 13.1. The predicted octanol–water partition coefficient (Wildman–Crippen LogP) is 5.26. The first-order valence-electron chi connectivity index (χ1n) is 16.1. The minimum absolute atomic E-state index is 0.131. The summed E-state index contributed by atoms with van der Waals surface area (Å²) in [4.78, 5) is 33.0. The number of anilines is 3. The number of allylic oxidation sites excluding steroid dienone is 1. The first-order valence-corrected chi connectivity index (χ1v) is 16.1. The van der Waals surface area contributed by atoms with Gasteiger partial charge in [0, 0.05) is 76.5 Å². The van der Waals surface area contributed by atoms with Crippen molar-refractivity contribution in [3.05, 3.63) is 42.0 Å². The Hall–Kier alpha value is -3.60. The summed E-state index contributed by atoms with van der Waals surface area (Å²) < 4.78 is 5.53. The Morgan fingerprint density at radius 3 is 2.48 bits per heavy atom. The van der Waals surface area contributed by atoms with E-state index in [0.29, 0.717) is 30.5 Å². The molecule has 0 radical (unpaired) electrons. The number of carbonyl (C=O) groups is 1. The van der Waals surface area contributed by atoms with Crippen LogP contribution in [0.3, 0.4) is 0 Å². The second-order valence-electron chi connectivity index (χ2n) is 12.5. The van der Waals surface area contributed by atoms with Crippen LogP contribution in [0.5, 0.6) is 0 Å². The summed E-state index contributed by atoms with van der Waals surface area (Å²) in [6.07, 6.45) is 7.45. The van der Waals surface area contributed by atoms with Gasteiger partial charge in [-0.15, -0.1) is 0 Å². The van der Waals surface area contributed by atoms with Crippen LogP contribution in [-0.2, 0) is 11.3 Å². The number of hydrogen-bond acceptors (Lipinski definition) is 10. The summed E-state index contributed by atoms with van der Waals surface area (Å²) in [5, 5.41) is 13.1. The third-order valence-electron chi connectivity index (χ3n) is 8.06. The Balaban J connectivity index is 1.63. The lowest BCUT2D eigenvalue weighted by molar-refractivity contribution is 0.0186. The zero-order valence-electron chi connectivity index (χ0n) is 27.8. The first kappa shape index (κ1) is 34.9. The number of nitrogens with one attached hydrogen (secondary N) is 1. The van der Waals surface area contributed by atoms with Gasteiger partial charge in [0.25, 0.3) is 0 Å². The number of carbonyl (C=O) groups excluding carboxylic acids is 1. The molecule has 0 aromatic carbocycles. The number of amides is 1. The number of aliphatic hydroxyl groups excluding tert-OH is 1. The van der Waals surface area contributed by atoms with Crippen LogP contribution in [0.15, 0.2) is 30.6 Å². The molecule has 1 saturated heterocycles. The van der Waals surface area contributed by atoms with E-state index in [-0.39, 0.29) is 18.7 Å². The predicted molar refractivity (Wildman–Crippen MR) is 179 cm³/mol. The summed E-state index contributed by atoms with van der Waals surface area (Å²) in [7, 11) is 2.07. The minimum atomic E-state index is -0.474. The van der Waals surface area contributed by atoms with E-state index in [0.717, 1.165) is 74.6 Å². The van der Waals surface area contributed by atoms with Crippen molar-refractivity contribution in [3.8, 4) is 0 Å². The number of nitrogens with zero attached hydrogens (tertiary/aromatic N) is 6. The number of rotatable bonds is 14. The third kappa shape index (κ3) is 9.97. The molecule has 2 aromatic heterocycles. The van der Waals surface area contributed by atoms with Crippen molar-refractivity contribution in [3.63, 3.8) is 0 Å². The maximum atomic E-state index is 12.4. The molecular formula is C33H54N8O3. The van der Waals surface area contributed by atoms with Gasteiger partial charge in [0.2, 0.25) is 0 Å². The number of nitrogens with two attached hydrogens (primary N) is 1. The Labute approximate surface area is 263 Å². The topological polar surface area (TPSA) is 133 Å². The van der Waals surface area contributed by atoms with Crippen molar-refractivity contribution in [2.45, 2.75) is 91.8 Å². The van der Waals surface area contributed by atoms with Crippen molar-refractivity contribution in [1.29, 1.82) is 0 Å². The van der Waals surface area contributed by atoms with Crippen LogP contribution >= 0.6 is 0 Å². The summed E-state index contributed by atoms with van der Waals surface area (Å²) in [6, 6.07) is 6.29. The van der Waals surface area contributed by atoms with Gasteiger partial charge in [0.1, 0.15) is 23.1 Å². The van der Waals surface area contributed by atoms with E-state index in [9.17, 15) is 9.90 Å². The molecule has 0 saturated carbocycles. The molecule has 11 nitrogen and oxygen atoms in total. The van der Waals surface area contributed by atoms with E-state index in [1.165, 1.54) is 0 Å². The zero-order valence-corrected chi connectivity index (χ0v) is 27.8. The molecule has 3 rings (SSSR count). The molecule has 1 aliphatic heterocycles. The highest BCUT2D eigenvalue weighted by atomic mass is 16.6. The van der Waals surface area contributed by atoms with E-state index < -0.39 is 5.60 Å². The van der Waals surface area contributed by atoms with E-state index >= 15 is 0 Å². The molecule has 3 heterocycles. The van der Waals surface area contributed by atoms with E-state index in [1.54, 1.807) is 6.20 Å². The van der Waals surface area contributed by atoms with Gasteiger partial charge in [-0.3, -0.25) is 0 Å². The Morgan fingerprint density at radius 1 is 1.20 bits per heavy atom. The number of aliphatic hydroxyl groups is 1. The number of piperidine rings is 1. The fraction of sp³-hybridized carbons (Fsp3) is 0.636. The van der Waals surface area contributed by atoms with Gasteiger partial charge in [-0.2, -0.15) is 0 Å². The van der Waals surface area contributed by atoms with Crippen molar-refractivity contribution >= 4 is 29.1 Å². The molecule has 1 unspecified atom stereocenters. The molecule has 11 heteroatoms. The smallest absolute Gasteiger partial charge is 0.410 e. The van der Waals surface area contributed by atoms with Gasteiger partial charge >= 0.3 is 6.09 Å². The lowest BCUT2D eigenvalue weighted by Gasteiger charge is -2.35. The molecule has 244 valence electrons. The van der Waals surface area contributed by atoms with Crippen molar-refractivity contribution in [2.24, 2.45) is 11.7 Å². The van der Waals surface area contributed by atoms with Crippen molar-refractivity contribution in [2.75, 3.05) is 55.0 Å². The molecule has 1 fully saturated rings. The van der Waals surface area contributed by atoms with E-state index in [2.05, 4.69) is 48.1 Å². The second kappa shape index (κ2) is 16.5. The van der Waals surface area contributed by atoms with Crippen LogP contribution in [0.4, 0.5) is 22.2 Å². The van der Waals surface area contributed by atoms with Gasteiger partial charge in [0.15, 0.2) is 5.82 Å². The summed E-state index contributed by atoms with van der Waals surface area (Å²) >= 11 is 0. The summed E-state index contributed by atoms with van der Waals surface area (Å²) in [5.41, 5.74) is 7.36. The average Bonchev–Trinajstić information content (AvgIpc) is 3.00. The molecule has 44 heavy (non-hydrogen) atoms. The maximum Gasteiger partial charge on any atom is 0.410 e. The quantitative estimate of drug-likeness (QED) is 0.260. The van der Waals surface area contributed by atoms with Gasteiger partial charge in [0.05, 0.1) is 0 Å². The molecular weight excluding hydrogens is 556 g/mol. The fourth-order valence-electron chi connectivity index (χ4n) is 5.55.